The van der Waals surface area contributed by atoms with Crippen molar-refractivity contribution in [1.82, 2.24) is 4.90 Å². The highest BCUT2D eigenvalue weighted by Crippen LogP contribution is 2.38. The number of nitrogens with zero attached hydrogens (tertiary/aromatic N) is 1. The molecule has 1 aliphatic rings. The second-order valence-corrected chi connectivity index (χ2v) is 6.37. The van der Waals surface area contributed by atoms with Gasteiger partial charge in [0.1, 0.15) is 5.75 Å². The lowest BCUT2D eigenvalue weighted by atomic mass is 9.89. The molecule has 2 unspecified atom stereocenters. The molecule has 2 atom stereocenters. The van der Waals surface area contributed by atoms with Gasteiger partial charge in [-0.05, 0) is 23.3 Å². The van der Waals surface area contributed by atoms with Crippen LogP contribution in [-0.4, -0.2) is 34.8 Å². The molecular weight excluding hydrogens is 298 g/mol. The van der Waals surface area contributed by atoms with Gasteiger partial charge >= 0.3 is 0 Å². The highest BCUT2D eigenvalue weighted by Gasteiger charge is 2.34. The number of aliphatic hydroxyl groups is 1. The number of likely N-dealkylation sites (tertiary alicyclic amines) is 1. The number of hydrogen-bond donors (Lipinski definition) is 2. The Kier molecular flexibility index (Phi) is 4.67. The molecule has 1 aliphatic heterocycles. The van der Waals surface area contributed by atoms with E-state index in [-0.39, 0.29) is 24.2 Å². The molecule has 1 heterocycles. The minimum Gasteiger partial charge on any atom is -0.508 e. The molecule has 4 heteroatoms. The number of phenols is 1. The van der Waals surface area contributed by atoms with Crippen molar-refractivity contribution >= 4 is 11.6 Å². The van der Waals surface area contributed by atoms with Crippen LogP contribution in [0.3, 0.4) is 0 Å². The van der Waals surface area contributed by atoms with Gasteiger partial charge in [0.15, 0.2) is 0 Å². The number of hydrogen-bond acceptors (Lipinski definition) is 3. The Morgan fingerprint density at radius 3 is 2.55 bits per heavy atom. The molecule has 0 spiro atoms. The first-order valence-electron chi connectivity index (χ1n) is 7.53. The van der Waals surface area contributed by atoms with Crippen LogP contribution in [0.15, 0.2) is 48.5 Å². The van der Waals surface area contributed by atoms with E-state index in [1.165, 1.54) is 5.56 Å². The quantitative estimate of drug-likeness (QED) is 0.909. The number of benzene rings is 2. The van der Waals surface area contributed by atoms with E-state index in [0.29, 0.717) is 5.02 Å². The van der Waals surface area contributed by atoms with Crippen molar-refractivity contribution in [2.75, 3.05) is 19.7 Å². The molecule has 116 valence electrons. The van der Waals surface area contributed by atoms with Crippen LogP contribution in [0.5, 0.6) is 5.75 Å². The van der Waals surface area contributed by atoms with Gasteiger partial charge in [-0.1, -0.05) is 48.0 Å². The van der Waals surface area contributed by atoms with E-state index >= 15 is 0 Å². The average molecular weight is 318 g/mol. The molecule has 3 rings (SSSR count). The highest BCUT2D eigenvalue weighted by atomic mass is 35.5. The van der Waals surface area contributed by atoms with Crippen molar-refractivity contribution in [1.29, 1.82) is 0 Å². The summed E-state index contributed by atoms with van der Waals surface area (Å²) in [5, 5.41) is 20.4. The molecule has 2 aromatic rings. The highest BCUT2D eigenvalue weighted by molar-refractivity contribution is 6.30. The molecule has 1 saturated heterocycles. The first kappa shape index (κ1) is 15.3. The lowest BCUT2D eigenvalue weighted by Gasteiger charge is -2.18. The van der Waals surface area contributed by atoms with Crippen LogP contribution in [0.1, 0.15) is 17.0 Å². The van der Waals surface area contributed by atoms with Crippen LogP contribution in [0.4, 0.5) is 0 Å². The molecule has 0 aliphatic carbocycles. The van der Waals surface area contributed by atoms with Gasteiger partial charge in [-0.15, -0.1) is 0 Å². The van der Waals surface area contributed by atoms with Gasteiger partial charge in [-0.25, -0.2) is 0 Å². The summed E-state index contributed by atoms with van der Waals surface area (Å²) in [6, 6.07) is 15.6. The summed E-state index contributed by atoms with van der Waals surface area (Å²) < 4.78 is 0. The maximum absolute atomic E-state index is 10.2. The van der Waals surface area contributed by atoms with E-state index < -0.39 is 0 Å². The Bertz CT molecular complexity index is 632. The lowest BCUT2D eigenvalue weighted by molar-refractivity contribution is 0.213. The van der Waals surface area contributed by atoms with Crippen LogP contribution in [0.2, 0.25) is 5.02 Å². The topological polar surface area (TPSA) is 43.7 Å². The summed E-state index contributed by atoms with van der Waals surface area (Å²) >= 11 is 5.91. The van der Waals surface area contributed by atoms with E-state index in [1.54, 1.807) is 12.1 Å². The smallest absolute Gasteiger partial charge is 0.120 e. The molecule has 2 N–H and O–H groups in total. The Morgan fingerprint density at radius 1 is 1.09 bits per heavy atom. The molecule has 1 fully saturated rings. The molecular formula is C18H20ClNO2. The average Bonchev–Trinajstić information content (AvgIpc) is 2.91. The number of phenolic OH excluding ortho intramolecular Hbond substituents is 1. The fourth-order valence-corrected chi connectivity index (χ4v) is 3.47. The van der Waals surface area contributed by atoms with Gasteiger partial charge in [0.05, 0.1) is 0 Å². The van der Waals surface area contributed by atoms with Crippen LogP contribution in [0.25, 0.3) is 0 Å². The lowest BCUT2D eigenvalue weighted by Crippen LogP contribution is -2.20. The van der Waals surface area contributed by atoms with Crippen molar-refractivity contribution in [2.45, 2.75) is 12.5 Å². The third-order valence-corrected chi connectivity index (χ3v) is 4.63. The van der Waals surface area contributed by atoms with Gasteiger partial charge < -0.3 is 10.2 Å². The maximum Gasteiger partial charge on any atom is 0.120 e. The fourth-order valence-electron chi connectivity index (χ4n) is 3.30. The molecule has 2 aromatic carbocycles. The fraction of sp³-hybridized carbons (Fsp3) is 0.333. The summed E-state index contributed by atoms with van der Waals surface area (Å²) in [6.45, 7) is 2.65. The Balaban J connectivity index is 1.77. The van der Waals surface area contributed by atoms with Gasteiger partial charge in [-0.2, -0.15) is 0 Å². The normalized spacial score (nSPS) is 22.1. The Morgan fingerprint density at radius 2 is 1.86 bits per heavy atom. The minimum absolute atomic E-state index is 0.123. The third-order valence-electron chi connectivity index (χ3n) is 4.39. The standard InChI is InChI=1S/C18H20ClNO2/c19-15-6-7-16(18(22)8-15)17-11-20(10-14(17)12-21)9-13-4-2-1-3-5-13/h1-8,14,17,21-22H,9-12H2. The van der Waals surface area contributed by atoms with E-state index in [0.717, 1.165) is 25.2 Å². The van der Waals surface area contributed by atoms with Gasteiger partial charge in [0.2, 0.25) is 0 Å². The number of halogens is 1. The van der Waals surface area contributed by atoms with E-state index in [2.05, 4.69) is 17.0 Å². The van der Waals surface area contributed by atoms with Crippen LogP contribution in [-0.2, 0) is 6.54 Å². The summed E-state index contributed by atoms with van der Waals surface area (Å²) in [7, 11) is 0. The van der Waals surface area contributed by atoms with Crippen LogP contribution < -0.4 is 0 Å². The first-order chi connectivity index (χ1) is 10.7. The van der Waals surface area contributed by atoms with Crippen molar-refractivity contribution in [3.05, 3.63) is 64.7 Å². The number of aromatic hydroxyl groups is 1. The summed E-state index contributed by atoms with van der Waals surface area (Å²) in [6.07, 6.45) is 0. The summed E-state index contributed by atoms with van der Waals surface area (Å²) in [5.41, 5.74) is 2.14. The largest absolute Gasteiger partial charge is 0.508 e. The zero-order valence-corrected chi connectivity index (χ0v) is 13.1. The van der Waals surface area contributed by atoms with Crippen LogP contribution >= 0.6 is 11.6 Å². The third kappa shape index (κ3) is 3.27. The van der Waals surface area contributed by atoms with Crippen LogP contribution in [0, 0.1) is 5.92 Å². The van der Waals surface area contributed by atoms with E-state index in [1.807, 2.05) is 24.3 Å². The first-order valence-corrected chi connectivity index (χ1v) is 7.90. The predicted octanol–water partition coefficient (Wildman–Crippen LogP) is 3.25. The van der Waals surface area contributed by atoms with Crippen molar-refractivity contribution < 1.29 is 10.2 Å². The van der Waals surface area contributed by atoms with Gasteiger partial charge in [0, 0.05) is 43.1 Å². The van der Waals surface area contributed by atoms with Gasteiger partial charge in [-0.3, -0.25) is 4.90 Å². The predicted molar refractivity (Wildman–Crippen MR) is 88.2 cm³/mol. The maximum atomic E-state index is 10.2. The zero-order valence-electron chi connectivity index (χ0n) is 12.3. The molecule has 22 heavy (non-hydrogen) atoms. The zero-order chi connectivity index (χ0) is 15.5. The van der Waals surface area contributed by atoms with Crippen molar-refractivity contribution in [2.24, 2.45) is 5.92 Å². The SMILES string of the molecule is OCC1CN(Cc2ccccc2)CC1c1ccc(Cl)cc1O. The molecule has 0 aromatic heterocycles. The number of rotatable bonds is 4. The van der Waals surface area contributed by atoms with E-state index in [9.17, 15) is 10.2 Å². The second kappa shape index (κ2) is 6.69. The second-order valence-electron chi connectivity index (χ2n) is 5.93. The van der Waals surface area contributed by atoms with E-state index in [4.69, 9.17) is 11.6 Å². The molecule has 0 amide bonds. The summed E-state index contributed by atoms with van der Waals surface area (Å²) in [4.78, 5) is 2.33. The molecule has 3 nitrogen and oxygen atoms in total. The molecule has 0 saturated carbocycles. The number of aliphatic hydroxyl groups excluding tert-OH is 1. The Labute approximate surface area is 135 Å². The van der Waals surface area contributed by atoms with Gasteiger partial charge in [0.25, 0.3) is 0 Å². The monoisotopic (exact) mass is 317 g/mol. The molecule has 0 radical (unpaired) electrons. The van der Waals surface area contributed by atoms with Crippen molar-refractivity contribution in [3.63, 3.8) is 0 Å². The van der Waals surface area contributed by atoms with Crippen molar-refractivity contribution in [3.8, 4) is 5.75 Å². The Hall–Kier alpha value is -1.55. The molecule has 0 bridgehead atoms. The summed E-state index contributed by atoms with van der Waals surface area (Å²) in [5.74, 6) is 0.485. The minimum atomic E-state index is 0.123.